The van der Waals surface area contributed by atoms with Gasteiger partial charge in [0.2, 0.25) is 0 Å². The lowest BCUT2D eigenvalue weighted by molar-refractivity contribution is 0.255. The van der Waals surface area contributed by atoms with E-state index in [9.17, 15) is 9.36 Å². The highest BCUT2D eigenvalue weighted by molar-refractivity contribution is 7.59. The van der Waals surface area contributed by atoms with Crippen molar-refractivity contribution < 1.29 is 13.9 Å². The lowest BCUT2D eigenvalue weighted by atomic mass is 10.3. The molecule has 2 aromatic carbocycles. The van der Waals surface area contributed by atoms with Crippen molar-refractivity contribution in [3.63, 3.8) is 0 Å². The van der Waals surface area contributed by atoms with Gasteiger partial charge >= 0.3 is 13.6 Å². The molecule has 0 aromatic heterocycles. The fourth-order valence-corrected chi connectivity index (χ4v) is 2.87. The van der Waals surface area contributed by atoms with E-state index in [0.717, 1.165) is 0 Å². The summed E-state index contributed by atoms with van der Waals surface area (Å²) in [5.74, 6) is 0.376. The van der Waals surface area contributed by atoms with Gasteiger partial charge in [-0.25, -0.2) is 4.79 Å². The van der Waals surface area contributed by atoms with Crippen LogP contribution < -0.4 is 14.9 Å². The molecule has 7 heteroatoms. The highest BCUT2D eigenvalue weighted by Gasteiger charge is 2.26. The summed E-state index contributed by atoms with van der Waals surface area (Å²) in [4.78, 5) is 11.8. The lowest BCUT2D eigenvalue weighted by Gasteiger charge is -2.18. The van der Waals surface area contributed by atoms with Crippen molar-refractivity contribution in [3.05, 3.63) is 60.7 Å². The molecule has 0 heterocycles. The number of carbonyl (C=O) groups is 1. The third-order valence-electron chi connectivity index (χ3n) is 2.46. The number of hydrogen-bond donors (Lipinski definition) is 2. The van der Waals surface area contributed by atoms with Gasteiger partial charge in [0, 0.05) is 5.69 Å². The van der Waals surface area contributed by atoms with Crippen LogP contribution in [0.3, 0.4) is 0 Å². The number of anilines is 1. The molecule has 0 saturated heterocycles. The molecule has 2 rings (SSSR count). The highest BCUT2D eigenvalue weighted by Crippen LogP contribution is 2.43. The standard InChI is InChI=1S/C14H14ClN2O3P/c15-11-21(19,20-13-9-5-2-6-10-13)17-14(18)16-12-7-3-1-4-8-12/h1-10H,11H2,(H2,16,17,18,19). The summed E-state index contributed by atoms with van der Waals surface area (Å²) in [6.45, 7) is 0. The molecule has 5 nitrogen and oxygen atoms in total. The van der Waals surface area contributed by atoms with E-state index in [4.69, 9.17) is 16.1 Å². The van der Waals surface area contributed by atoms with E-state index in [0.29, 0.717) is 11.4 Å². The number of benzene rings is 2. The molecule has 2 aromatic rings. The predicted molar refractivity (Wildman–Crippen MR) is 84.0 cm³/mol. The van der Waals surface area contributed by atoms with Crippen LogP contribution >= 0.6 is 19.1 Å². The number of para-hydroxylation sites is 2. The first-order chi connectivity index (χ1) is 10.1. The van der Waals surface area contributed by atoms with Crippen LogP contribution in [0, 0.1) is 0 Å². The first-order valence-corrected chi connectivity index (χ1v) is 8.50. The molecular weight excluding hydrogens is 311 g/mol. The largest absolute Gasteiger partial charge is 0.428 e. The fourth-order valence-electron chi connectivity index (χ4n) is 1.56. The summed E-state index contributed by atoms with van der Waals surface area (Å²) >= 11 is 5.68. The highest BCUT2D eigenvalue weighted by atomic mass is 35.5. The van der Waals surface area contributed by atoms with Gasteiger partial charge in [0.15, 0.2) is 0 Å². The molecule has 0 saturated carbocycles. The van der Waals surface area contributed by atoms with Gasteiger partial charge in [-0.15, -0.1) is 11.6 Å². The number of alkyl halides is 1. The number of halogens is 1. The normalized spacial score (nSPS) is 13.0. The van der Waals surface area contributed by atoms with E-state index >= 15 is 0 Å². The van der Waals surface area contributed by atoms with Crippen LogP contribution in [0.25, 0.3) is 0 Å². The Morgan fingerprint density at radius 2 is 1.62 bits per heavy atom. The molecule has 0 spiro atoms. The van der Waals surface area contributed by atoms with Crippen LogP contribution in [0.5, 0.6) is 5.75 Å². The van der Waals surface area contributed by atoms with E-state index < -0.39 is 13.6 Å². The minimum absolute atomic E-state index is 0.329. The van der Waals surface area contributed by atoms with Crippen molar-refractivity contribution in [1.82, 2.24) is 5.09 Å². The zero-order valence-electron chi connectivity index (χ0n) is 11.0. The number of hydrogen-bond acceptors (Lipinski definition) is 3. The molecule has 110 valence electrons. The summed E-state index contributed by atoms with van der Waals surface area (Å²) < 4.78 is 17.7. The Morgan fingerprint density at radius 3 is 2.19 bits per heavy atom. The second-order valence-corrected chi connectivity index (χ2v) is 6.84. The van der Waals surface area contributed by atoms with Gasteiger partial charge in [0.25, 0.3) is 0 Å². The van der Waals surface area contributed by atoms with Gasteiger partial charge in [-0.2, -0.15) is 0 Å². The molecule has 1 atom stereocenters. The number of carbonyl (C=O) groups excluding carboxylic acids is 1. The monoisotopic (exact) mass is 324 g/mol. The van der Waals surface area contributed by atoms with E-state index in [2.05, 4.69) is 10.4 Å². The van der Waals surface area contributed by atoms with Crippen LogP contribution in [-0.4, -0.2) is 11.7 Å². The summed E-state index contributed by atoms with van der Waals surface area (Å²) in [5, 5.41) is 4.85. The summed E-state index contributed by atoms with van der Waals surface area (Å²) in [6.07, 6.45) is 0. The molecule has 2 amide bonds. The van der Waals surface area contributed by atoms with Crippen LogP contribution in [0.1, 0.15) is 0 Å². The molecule has 0 fully saturated rings. The van der Waals surface area contributed by atoms with Crippen molar-refractivity contribution in [3.8, 4) is 5.75 Å². The van der Waals surface area contributed by atoms with Gasteiger partial charge in [0.05, 0.1) is 0 Å². The molecule has 0 aliphatic carbocycles. The van der Waals surface area contributed by atoms with Crippen LogP contribution in [0.4, 0.5) is 10.5 Å². The predicted octanol–water partition coefficient (Wildman–Crippen LogP) is 4.28. The fraction of sp³-hybridized carbons (Fsp3) is 0.0714. The Labute approximate surface area is 127 Å². The van der Waals surface area contributed by atoms with E-state index in [1.54, 1.807) is 54.6 Å². The lowest BCUT2D eigenvalue weighted by Crippen LogP contribution is -2.28. The summed E-state index contributed by atoms with van der Waals surface area (Å²) in [6, 6.07) is 16.7. The van der Waals surface area contributed by atoms with Crippen LogP contribution in [0.15, 0.2) is 60.7 Å². The number of amides is 2. The van der Waals surface area contributed by atoms with Crippen molar-refractivity contribution in [2.24, 2.45) is 0 Å². The zero-order chi connectivity index (χ0) is 15.1. The molecular formula is C14H14ClN2O3P. The third kappa shape index (κ3) is 4.81. The minimum atomic E-state index is -3.51. The third-order valence-corrected chi connectivity index (χ3v) is 4.77. The minimum Gasteiger partial charge on any atom is -0.428 e. The van der Waals surface area contributed by atoms with Gasteiger partial charge in [-0.3, -0.25) is 9.65 Å². The van der Waals surface area contributed by atoms with Crippen LogP contribution in [-0.2, 0) is 4.57 Å². The number of nitrogens with one attached hydrogen (secondary N) is 2. The van der Waals surface area contributed by atoms with Crippen molar-refractivity contribution in [2.75, 3.05) is 10.9 Å². The first-order valence-electron chi connectivity index (χ1n) is 6.15. The quantitative estimate of drug-likeness (QED) is 0.637. The summed E-state index contributed by atoms with van der Waals surface area (Å²) in [5.41, 5.74) is 0.250. The van der Waals surface area contributed by atoms with E-state index in [-0.39, 0.29) is 5.62 Å². The first kappa shape index (κ1) is 15.4. The number of rotatable bonds is 5. The average Bonchev–Trinajstić information content (AvgIpc) is 2.49. The Hall–Kier alpha value is -1.97. The zero-order valence-corrected chi connectivity index (χ0v) is 12.7. The smallest absolute Gasteiger partial charge is 0.359 e. The van der Waals surface area contributed by atoms with Gasteiger partial charge in [0.1, 0.15) is 11.4 Å². The molecule has 2 N–H and O–H groups in total. The molecule has 1 unspecified atom stereocenters. The Balaban J connectivity index is 2.01. The number of urea groups is 1. The van der Waals surface area contributed by atoms with Crippen LogP contribution in [0.2, 0.25) is 0 Å². The molecule has 0 bridgehead atoms. The maximum Gasteiger partial charge on any atom is 0.359 e. The van der Waals surface area contributed by atoms with Crippen molar-refractivity contribution in [2.45, 2.75) is 0 Å². The summed E-state index contributed by atoms with van der Waals surface area (Å²) in [7, 11) is -3.51. The van der Waals surface area contributed by atoms with Gasteiger partial charge in [-0.05, 0) is 24.3 Å². The Morgan fingerprint density at radius 1 is 1.05 bits per heavy atom. The average molecular weight is 325 g/mol. The van der Waals surface area contributed by atoms with Gasteiger partial charge < -0.3 is 9.84 Å². The van der Waals surface area contributed by atoms with E-state index in [1.807, 2.05) is 6.07 Å². The SMILES string of the molecule is O=C(Nc1ccccc1)NP(=O)(CCl)Oc1ccccc1. The second kappa shape index (κ2) is 7.16. The molecule has 0 aliphatic rings. The van der Waals surface area contributed by atoms with Crippen molar-refractivity contribution >= 4 is 30.8 Å². The van der Waals surface area contributed by atoms with Crippen molar-refractivity contribution in [1.29, 1.82) is 0 Å². The Bertz CT molecular complexity index is 637. The second-order valence-electron chi connectivity index (χ2n) is 4.13. The van der Waals surface area contributed by atoms with E-state index in [1.165, 1.54) is 0 Å². The molecule has 21 heavy (non-hydrogen) atoms. The molecule has 0 aliphatic heterocycles. The topological polar surface area (TPSA) is 67.4 Å². The Kier molecular flexibility index (Phi) is 5.26. The maximum atomic E-state index is 12.4. The molecule has 0 radical (unpaired) electrons. The van der Waals surface area contributed by atoms with Gasteiger partial charge in [-0.1, -0.05) is 36.4 Å². The maximum absolute atomic E-state index is 12.4.